The number of anilines is 1. The van der Waals surface area contributed by atoms with Crippen molar-refractivity contribution in [1.29, 1.82) is 0 Å². The molecule has 3 aromatic rings. The highest BCUT2D eigenvalue weighted by Gasteiger charge is 2.26. The maximum absolute atomic E-state index is 13.1. The lowest BCUT2D eigenvalue weighted by Crippen LogP contribution is -2.16. The number of carbonyl (C=O) groups is 1. The summed E-state index contributed by atoms with van der Waals surface area (Å²) in [6, 6.07) is 7.80. The molecule has 0 bridgehead atoms. The van der Waals surface area contributed by atoms with Crippen LogP contribution in [0.5, 0.6) is 0 Å². The average Bonchev–Trinajstić information content (AvgIpc) is 3.29. The zero-order valence-corrected chi connectivity index (χ0v) is 16.1. The second-order valence-electron chi connectivity index (χ2n) is 5.62. The van der Waals surface area contributed by atoms with Crippen LogP contribution >= 0.6 is 34.9 Å². The Hall–Kier alpha value is -1.70. The fourth-order valence-corrected chi connectivity index (χ4v) is 5.68. The van der Waals surface area contributed by atoms with E-state index in [0.717, 1.165) is 39.2 Å². The zero-order valence-electron chi connectivity index (χ0n) is 13.7. The van der Waals surface area contributed by atoms with Crippen molar-refractivity contribution in [3.05, 3.63) is 58.9 Å². The van der Waals surface area contributed by atoms with E-state index in [4.69, 9.17) is 0 Å². The van der Waals surface area contributed by atoms with Crippen LogP contribution < -0.4 is 5.32 Å². The Bertz CT molecular complexity index is 885. The molecule has 0 radical (unpaired) electrons. The summed E-state index contributed by atoms with van der Waals surface area (Å²) in [6.45, 7) is 0. The van der Waals surface area contributed by atoms with Gasteiger partial charge < -0.3 is 9.88 Å². The molecule has 1 aliphatic rings. The van der Waals surface area contributed by atoms with Crippen LogP contribution in [-0.4, -0.2) is 27.5 Å². The Balaban J connectivity index is 1.70. The first-order valence-electron chi connectivity index (χ1n) is 7.93. The minimum atomic E-state index is -0.0493. The standard InChI is InChI=1S/C18H17N3OS3/c1-23-15-5-4-12(10-19-15)20-17(22)16-13-6-9-24-11-14(13)25-18(16)21-7-2-3-8-21/h2-5,7-8,10H,6,9,11H2,1H3,(H,20,22). The summed E-state index contributed by atoms with van der Waals surface area (Å²) in [6.07, 6.45) is 8.64. The van der Waals surface area contributed by atoms with Crippen molar-refractivity contribution in [3.63, 3.8) is 0 Å². The van der Waals surface area contributed by atoms with E-state index < -0.39 is 0 Å². The number of thiophene rings is 1. The molecule has 0 aliphatic carbocycles. The van der Waals surface area contributed by atoms with Gasteiger partial charge in [-0.25, -0.2) is 4.98 Å². The lowest BCUT2D eigenvalue weighted by Gasteiger charge is -2.13. The number of rotatable bonds is 4. The van der Waals surface area contributed by atoms with E-state index in [1.54, 1.807) is 29.3 Å². The van der Waals surface area contributed by atoms with Gasteiger partial charge in [-0.15, -0.1) is 23.1 Å². The number of thioether (sulfide) groups is 2. The molecule has 0 saturated carbocycles. The topological polar surface area (TPSA) is 46.9 Å². The Kier molecular flexibility index (Phi) is 4.87. The minimum absolute atomic E-state index is 0.0493. The molecule has 0 aromatic carbocycles. The van der Waals surface area contributed by atoms with Crippen LogP contribution in [-0.2, 0) is 12.2 Å². The van der Waals surface area contributed by atoms with Gasteiger partial charge in [0.25, 0.3) is 5.91 Å². The lowest BCUT2D eigenvalue weighted by atomic mass is 10.1. The maximum atomic E-state index is 13.1. The number of nitrogens with one attached hydrogen (secondary N) is 1. The van der Waals surface area contributed by atoms with Gasteiger partial charge in [0.15, 0.2) is 0 Å². The van der Waals surface area contributed by atoms with Gasteiger partial charge in [0.05, 0.1) is 22.5 Å². The second kappa shape index (κ2) is 7.27. The second-order valence-corrected chi connectivity index (χ2v) is 8.64. The summed E-state index contributed by atoms with van der Waals surface area (Å²) >= 11 is 5.25. The van der Waals surface area contributed by atoms with E-state index in [1.165, 1.54) is 10.4 Å². The van der Waals surface area contributed by atoms with Crippen molar-refractivity contribution < 1.29 is 4.79 Å². The summed E-state index contributed by atoms with van der Waals surface area (Å²) in [5.41, 5.74) is 2.75. The highest BCUT2D eigenvalue weighted by atomic mass is 32.2. The molecule has 25 heavy (non-hydrogen) atoms. The number of hydrogen-bond donors (Lipinski definition) is 1. The van der Waals surface area contributed by atoms with Crippen molar-refractivity contribution in [1.82, 2.24) is 9.55 Å². The zero-order chi connectivity index (χ0) is 17.2. The van der Waals surface area contributed by atoms with E-state index in [-0.39, 0.29) is 5.91 Å². The lowest BCUT2D eigenvalue weighted by molar-refractivity contribution is 0.102. The summed E-state index contributed by atoms with van der Waals surface area (Å²) in [5, 5.41) is 4.97. The predicted molar refractivity (Wildman–Crippen MR) is 107 cm³/mol. The van der Waals surface area contributed by atoms with E-state index in [0.29, 0.717) is 0 Å². The average molecular weight is 388 g/mol. The number of pyridine rings is 1. The fourth-order valence-electron chi connectivity index (χ4n) is 2.87. The van der Waals surface area contributed by atoms with E-state index >= 15 is 0 Å². The molecule has 7 heteroatoms. The fraction of sp³-hybridized carbons (Fsp3) is 0.222. The van der Waals surface area contributed by atoms with Gasteiger partial charge in [0.2, 0.25) is 0 Å². The number of amides is 1. The summed E-state index contributed by atoms with van der Waals surface area (Å²) < 4.78 is 2.04. The van der Waals surface area contributed by atoms with Gasteiger partial charge in [-0.1, -0.05) is 0 Å². The van der Waals surface area contributed by atoms with E-state index in [1.807, 2.05) is 59.2 Å². The van der Waals surface area contributed by atoms with Gasteiger partial charge >= 0.3 is 0 Å². The first-order valence-corrected chi connectivity index (χ1v) is 11.1. The Morgan fingerprint density at radius 1 is 1.32 bits per heavy atom. The van der Waals surface area contributed by atoms with Gasteiger partial charge in [-0.05, 0) is 48.3 Å². The van der Waals surface area contributed by atoms with Crippen LogP contribution in [0.2, 0.25) is 0 Å². The van der Waals surface area contributed by atoms with Crippen molar-refractivity contribution in [2.24, 2.45) is 0 Å². The molecule has 0 saturated heterocycles. The Labute approximate surface area is 159 Å². The SMILES string of the molecule is CSc1ccc(NC(=O)c2c(-n3cccc3)sc3c2CCSC3)cn1. The van der Waals surface area contributed by atoms with Crippen molar-refractivity contribution in [3.8, 4) is 5.00 Å². The van der Waals surface area contributed by atoms with Gasteiger partial charge in [-0.3, -0.25) is 4.79 Å². The van der Waals surface area contributed by atoms with Crippen LogP contribution in [0.15, 0.2) is 47.9 Å². The number of carbonyl (C=O) groups excluding carboxylic acids is 1. The Morgan fingerprint density at radius 2 is 2.16 bits per heavy atom. The summed E-state index contributed by atoms with van der Waals surface area (Å²) in [4.78, 5) is 18.7. The predicted octanol–water partition coefficient (Wildman–Crippen LogP) is 4.70. The molecule has 0 unspecified atom stereocenters. The summed E-state index contributed by atoms with van der Waals surface area (Å²) in [7, 11) is 0. The van der Waals surface area contributed by atoms with Crippen molar-refractivity contribution in [2.45, 2.75) is 17.2 Å². The smallest absolute Gasteiger partial charge is 0.259 e. The number of fused-ring (bicyclic) bond motifs is 1. The summed E-state index contributed by atoms with van der Waals surface area (Å²) in [5.74, 6) is 2.01. The number of nitrogens with zero attached hydrogens (tertiary/aromatic N) is 2. The molecule has 128 valence electrons. The van der Waals surface area contributed by atoms with E-state index in [2.05, 4.69) is 10.3 Å². The first kappa shape index (κ1) is 16.8. The molecule has 0 spiro atoms. The first-order chi connectivity index (χ1) is 12.3. The molecule has 0 fully saturated rings. The van der Waals surface area contributed by atoms with Crippen molar-refractivity contribution >= 4 is 46.5 Å². The third kappa shape index (κ3) is 3.36. The maximum Gasteiger partial charge on any atom is 0.259 e. The highest BCUT2D eigenvalue weighted by Crippen LogP contribution is 2.38. The van der Waals surface area contributed by atoms with E-state index in [9.17, 15) is 4.79 Å². The molecule has 1 N–H and O–H groups in total. The minimum Gasteiger partial charge on any atom is -0.320 e. The molecule has 3 aromatic heterocycles. The van der Waals surface area contributed by atoms with Gasteiger partial charge in [-0.2, -0.15) is 11.8 Å². The van der Waals surface area contributed by atoms with Gasteiger partial charge in [0, 0.05) is 23.0 Å². The molecule has 1 aliphatic heterocycles. The third-order valence-electron chi connectivity index (χ3n) is 4.07. The molecule has 0 atom stereocenters. The highest BCUT2D eigenvalue weighted by molar-refractivity contribution is 7.98. The largest absolute Gasteiger partial charge is 0.320 e. The van der Waals surface area contributed by atoms with Crippen LogP contribution in [0, 0.1) is 0 Å². The van der Waals surface area contributed by atoms with Gasteiger partial charge in [0.1, 0.15) is 5.00 Å². The molecule has 1 amide bonds. The molecular weight excluding hydrogens is 370 g/mol. The van der Waals surface area contributed by atoms with Crippen LogP contribution in [0.3, 0.4) is 0 Å². The molecular formula is C18H17N3OS3. The normalized spacial score (nSPS) is 13.5. The molecule has 4 heterocycles. The molecule has 4 nitrogen and oxygen atoms in total. The molecule has 4 rings (SSSR count). The van der Waals surface area contributed by atoms with Crippen molar-refractivity contribution in [2.75, 3.05) is 17.3 Å². The van der Waals surface area contributed by atoms with Crippen LogP contribution in [0.4, 0.5) is 5.69 Å². The Morgan fingerprint density at radius 3 is 2.88 bits per heavy atom. The number of hydrogen-bond acceptors (Lipinski definition) is 5. The number of aromatic nitrogens is 2. The third-order valence-corrected chi connectivity index (χ3v) is 7.14. The quantitative estimate of drug-likeness (QED) is 0.659. The van der Waals surface area contributed by atoms with Crippen LogP contribution in [0.1, 0.15) is 20.8 Å². The monoisotopic (exact) mass is 387 g/mol. The van der Waals surface area contributed by atoms with Crippen LogP contribution in [0.25, 0.3) is 5.00 Å².